The Balaban J connectivity index is 1.73. The highest BCUT2D eigenvalue weighted by molar-refractivity contribution is 5.13. The minimum atomic E-state index is 0.0835. The summed E-state index contributed by atoms with van der Waals surface area (Å²) in [5, 5.41) is 9.51. The zero-order valence-electron chi connectivity index (χ0n) is 11.3. The smallest absolute Gasteiger partial charge is 0.0717 e. The molecule has 3 heteroatoms. The number of hydrogen-bond acceptors (Lipinski definition) is 3. The van der Waals surface area contributed by atoms with E-state index in [1.807, 2.05) is 18.2 Å². The van der Waals surface area contributed by atoms with Crippen LogP contribution >= 0.6 is 0 Å². The second-order valence-corrected chi connectivity index (χ2v) is 5.66. The van der Waals surface area contributed by atoms with E-state index in [0.717, 1.165) is 19.6 Å². The van der Waals surface area contributed by atoms with Crippen LogP contribution < -0.4 is 0 Å². The molecule has 1 saturated carbocycles. The maximum atomic E-state index is 9.51. The SMILES string of the molecule is CN(C)CC1(CO)CC1COCc1ccccc1. The molecule has 2 rings (SSSR count). The van der Waals surface area contributed by atoms with Crippen LogP contribution in [-0.4, -0.2) is 43.9 Å². The number of nitrogens with zero attached hydrogens (tertiary/aromatic N) is 1. The quantitative estimate of drug-likeness (QED) is 0.799. The van der Waals surface area contributed by atoms with Crippen LogP contribution in [-0.2, 0) is 11.3 Å². The summed E-state index contributed by atoms with van der Waals surface area (Å²) in [6.45, 7) is 2.64. The molecule has 2 atom stereocenters. The van der Waals surface area contributed by atoms with Gasteiger partial charge in [-0.05, 0) is 32.0 Å². The van der Waals surface area contributed by atoms with E-state index in [0.29, 0.717) is 12.5 Å². The van der Waals surface area contributed by atoms with Crippen LogP contribution in [0.5, 0.6) is 0 Å². The van der Waals surface area contributed by atoms with Gasteiger partial charge in [0, 0.05) is 12.0 Å². The molecule has 0 aliphatic heterocycles. The molecule has 1 fully saturated rings. The van der Waals surface area contributed by atoms with Crippen molar-refractivity contribution in [1.29, 1.82) is 0 Å². The maximum Gasteiger partial charge on any atom is 0.0717 e. The van der Waals surface area contributed by atoms with Crippen molar-refractivity contribution in [2.24, 2.45) is 11.3 Å². The molecule has 0 amide bonds. The maximum absolute atomic E-state index is 9.51. The fourth-order valence-corrected chi connectivity index (χ4v) is 2.63. The first-order chi connectivity index (χ1) is 8.66. The van der Waals surface area contributed by atoms with E-state index in [4.69, 9.17) is 4.74 Å². The monoisotopic (exact) mass is 249 g/mol. The van der Waals surface area contributed by atoms with Crippen molar-refractivity contribution < 1.29 is 9.84 Å². The van der Waals surface area contributed by atoms with Crippen molar-refractivity contribution >= 4 is 0 Å². The third kappa shape index (κ3) is 3.31. The Kier molecular flexibility index (Phi) is 4.38. The van der Waals surface area contributed by atoms with Crippen molar-refractivity contribution in [3.05, 3.63) is 35.9 Å². The highest BCUT2D eigenvalue weighted by Gasteiger charge is 2.53. The molecule has 100 valence electrons. The van der Waals surface area contributed by atoms with Gasteiger partial charge in [-0.3, -0.25) is 0 Å². The Hall–Kier alpha value is -0.900. The Morgan fingerprint density at radius 2 is 2.06 bits per heavy atom. The first kappa shape index (κ1) is 13.5. The van der Waals surface area contributed by atoms with Gasteiger partial charge in [-0.2, -0.15) is 0 Å². The molecule has 1 aliphatic rings. The van der Waals surface area contributed by atoms with Gasteiger partial charge in [0.2, 0.25) is 0 Å². The largest absolute Gasteiger partial charge is 0.396 e. The topological polar surface area (TPSA) is 32.7 Å². The van der Waals surface area contributed by atoms with E-state index in [1.165, 1.54) is 5.56 Å². The molecule has 1 aromatic carbocycles. The number of benzene rings is 1. The molecule has 1 aromatic rings. The number of aliphatic hydroxyl groups is 1. The summed E-state index contributed by atoms with van der Waals surface area (Å²) in [5.41, 5.74) is 1.29. The minimum absolute atomic E-state index is 0.0835. The zero-order chi connectivity index (χ0) is 13.0. The van der Waals surface area contributed by atoms with Crippen LogP contribution in [0.2, 0.25) is 0 Å². The molecule has 0 spiro atoms. The van der Waals surface area contributed by atoms with E-state index in [2.05, 4.69) is 31.1 Å². The first-order valence-corrected chi connectivity index (χ1v) is 6.53. The van der Waals surface area contributed by atoms with Crippen LogP contribution in [0, 0.1) is 11.3 Å². The normalized spacial score (nSPS) is 26.6. The fourth-order valence-electron chi connectivity index (χ4n) is 2.63. The van der Waals surface area contributed by atoms with Crippen LogP contribution in [0.4, 0.5) is 0 Å². The third-order valence-electron chi connectivity index (χ3n) is 3.74. The van der Waals surface area contributed by atoms with Gasteiger partial charge in [0.1, 0.15) is 0 Å². The average molecular weight is 249 g/mol. The number of hydrogen-bond donors (Lipinski definition) is 1. The lowest BCUT2D eigenvalue weighted by Gasteiger charge is -2.19. The molecular formula is C15H23NO2. The number of rotatable bonds is 7. The van der Waals surface area contributed by atoms with Crippen molar-refractivity contribution in [2.75, 3.05) is 33.9 Å². The molecule has 0 saturated heterocycles. The second-order valence-electron chi connectivity index (χ2n) is 5.66. The predicted molar refractivity (Wildman–Crippen MR) is 72.3 cm³/mol. The molecule has 0 radical (unpaired) electrons. The first-order valence-electron chi connectivity index (χ1n) is 6.53. The summed E-state index contributed by atoms with van der Waals surface area (Å²) >= 11 is 0. The summed E-state index contributed by atoms with van der Waals surface area (Å²) < 4.78 is 5.75. The van der Waals surface area contributed by atoms with Gasteiger partial charge in [0.15, 0.2) is 0 Å². The Labute approximate surface area is 109 Å². The lowest BCUT2D eigenvalue weighted by atomic mass is 10.1. The van der Waals surface area contributed by atoms with Crippen molar-refractivity contribution in [2.45, 2.75) is 13.0 Å². The molecule has 1 aliphatic carbocycles. The zero-order valence-corrected chi connectivity index (χ0v) is 11.3. The van der Waals surface area contributed by atoms with E-state index in [-0.39, 0.29) is 12.0 Å². The summed E-state index contributed by atoms with van der Waals surface area (Å²) in [6.07, 6.45) is 1.08. The Morgan fingerprint density at radius 3 is 2.67 bits per heavy atom. The minimum Gasteiger partial charge on any atom is -0.396 e. The van der Waals surface area contributed by atoms with Crippen molar-refractivity contribution in [1.82, 2.24) is 4.90 Å². The number of ether oxygens (including phenoxy) is 1. The summed E-state index contributed by atoms with van der Waals surface area (Å²) in [6, 6.07) is 10.2. The highest BCUT2D eigenvalue weighted by atomic mass is 16.5. The number of aliphatic hydroxyl groups excluding tert-OH is 1. The lowest BCUT2D eigenvalue weighted by molar-refractivity contribution is 0.0837. The molecular weight excluding hydrogens is 226 g/mol. The van der Waals surface area contributed by atoms with Gasteiger partial charge >= 0.3 is 0 Å². The summed E-state index contributed by atoms with van der Waals surface area (Å²) in [5.74, 6) is 0.508. The van der Waals surface area contributed by atoms with Crippen LogP contribution in [0.15, 0.2) is 30.3 Å². The molecule has 0 aromatic heterocycles. The van der Waals surface area contributed by atoms with Gasteiger partial charge in [0.05, 0.1) is 19.8 Å². The van der Waals surface area contributed by atoms with Crippen LogP contribution in [0.3, 0.4) is 0 Å². The fraction of sp³-hybridized carbons (Fsp3) is 0.600. The Morgan fingerprint density at radius 1 is 1.33 bits per heavy atom. The van der Waals surface area contributed by atoms with Crippen molar-refractivity contribution in [3.8, 4) is 0 Å². The molecule has 1 N–H and O–H groups in total. The lowest BCUT2D eigenvalue weighted by Crippen LogP contribution is -2.28. The molecule has 0 bridgehead atoms. The summed E-state index contributed by atoms with van der Waals surface area (Å²) in [7, 11) is 4.11. The second kappa shape index (κ2) is 5.83. The molecule has 0 heterocycles. The van der Waals surface area contributed by atoms with E-state index in [1.54, 1.807) is 0 Å². The van der Waals surface area contributed by atoms with Gasteiger partial charge in [-0.25, -0.2) is 0 Å². The van der Waals surface area contributed by atoms with E-state index < -0.39 is 0 Å². The molecule has 3 nitrogen and oxygen atoms in total. The average Bonchev–Trinajstić information content (AvgIpc) is 3.03. The Bertz CT molecular complexity index is 366. The van der Waals surface area contributed by atoms with Gasteiger partial charge < -0.3 is 14.7 Å². The summed E-state index contributed by atoms with van der Waals surface area (Å²) in [4.78, 5) is 2.15. The molecule has 18 heavy (non-hydrogen) atoms. The predicted octanol–water partition coefficient (Wildman–Crippen LogP) is 1.76. The van der Waals surface area contributed by atoms with Crippen molar-refractivity contribution in [3.63, 3.8) is 0 Å². The van der Waals surface area contributed by atoms with E-state index in [9.17, 15) is 5.11 Å². The van der Waals surface area contributed by atoms with Gasteiger partial charge in [-0.15, -0.1) is 0 Å². The van der Waals surface area contributed by atoms with Gasteiger partial charge in [-0.1, -0.05) is 30.3 Å². The van der Waals surface area contributed by atoms with Crippen LogP contribution in [0.1, 0.15) is 12.0 Å². The third-order valence-corrected chi connectivity index (χ3v) is 3.74. The van der Waals surface area contributed by atoms with Gasteiger partial charge in [0.25, 0.3) is 0 Å². The molecule has 2 unspecified atom stereocenters. The highest BCUT2D eigenvalue weighted by Crippen LogP contribution is 2.52. The standard InChI is InChI=1S/C15H23NO2/c1-16(2)11-15(12-17)8-14(15)10-18-9-13-6-4-3-5-7-13/h3-7,14,17H,8-12H2,1-2H3. The van der Waals surface area contributed by atoms with E-state index >= 15 is 0 Å². The van der Waals surface area contributed by atoms with Crippen LogP contribution in [0.25, 0.3) is 0 Å².